The largest absolute Gasteiger partial charge is 0.416 e. The summed E-state index contributed by atoms with van der Waals surface area (Å²) in [4.78, 5) is 13.9. The lowest BCUT2D eigenvalue weighted by molar-refractivity contribution is -0.137. The number of piperazine rings is 1. The Labute approximate surface area is 146 Å². The number of pyridine rings is 1. The zero-order valence-corrected chi connectivity index (χ0v) is 14.0. The highest BCUT2D eigenvalue weighted by molar-refractivity contribution is 7.21. The average Bonchev–Trinajstić information content (AvgIpc) is 3.05. The fourth-order valence-corrected chi connectivity index (χ4v) is 3.89. The Bertz CT molecular complexity index is 852. The van der Waals surface area contributed by atoms with E-state index in [9.17, 15) is 13.2 Å². The second-order valence-electron chi connectivity index (χ2n) is 5.85. The number of fused-ring (bicyclic) bond motifs is 1. The second kappa shape index (κ2) is 6.18. The zero-order chi connectivity index (χ0) is 17.4. The van der Waals surface area contributed by atoms with Crippen molar-refractivity contribution in [2.75, 3.05) is 36.0 Å². The molecule has 0 N–H and O–H groups in total. The summed E-state index contributed by atoms with van der Waals surface area (Å²) in [5, 5.41) is 0.914. The molecule has 0 amide bonds. The molecule has 130 valence electrons. The van der Waals surface area contributed by atoms with Crippen molar-refractivity contribution in [1.29, 1.82) is 0 Å². The van der Waals surface area contributed by atoms with Crippen LogP contribution in [0.3, 0.4) is 0 Å². The van der Waals surface area contributed by atoms with Crippen LogP contribution in [0.1, 0.15) is 5.56 Å². The quantitative estimate of drug-likeness (QED) is 0.687. The third-order valence-corrected chi connectivity index (χ3v) is 5.28. The van der Waals surface area contributed by atoms with Gasteiger partial charge in [0.25, 0.3) is 0 Å². The van der Waals surface area contributed by atoms with Gasteiger partial charge in [0.05, 0.1) is 5.56 Å². The van der Waals surface area contributed by atoms with Gasteiger partial charge in [-0.05, 0) is 30.3 Å². The molecule has 25 heavy (non-hydrogen) atoms. The van der Waals surface area contributed by atoms with Gasteiger partial charge < -0.3 is 9.80 Å². The Balaban J connectivity index is 1.48. The maximum absolute atomic E-state index is 12.9. The molecule has 1 aromatic carbocycles. The molecule has 1 saturated heterocycles. The molecule has 3 heterocycles. The number of halogens is 3. The minimum Gasteiger partial charge on any atom is -0.368 e. The molecule has 0 saturated carbocycles. The molecule has 0 atom stereocenters. The van der Waals surface area contributed by atoms with Crippen LogP contribution in [0.4, 0.5) is 24.0 Å². The standard InChI is InChI=1S/C17H15F3N4S/c18-17(19,20)12-3-1-4-13(11-12)23-7-9-24(10-8-23)16-22-14-5-2-6-21-15(14)25-16/h1-6,11H,7-10H2. The lowest BCUT2D eigenvalue weighted by Gasteiger charge is -2.36. The fraction of sp³-hybridized carbons (Fsp3) is 0.294. The zero-order valence-electron chi connectivity index (χ0n) is 13.2. The van der Waals surface area contributed by atoms with Gasteiger partial charge in [-0.15, -0.1) is 0 Å². The van der Waals surface area contributed by atoms with E-state index < -0.39 is 11.7 Å². The van der Waals surface area contributed by atoms with Gasteiger partial charge in [0.2, 0.25) is 0 Å². The Morgan fingerprint density at radius 2 is 1.72 bits per heavy atom. The topological polar surface area (TPSA) is 32.3 Å². The van der Waals surface area contributed by atoms with Crippen LogP contribution in [0.25, 0.3) is 10.3 Å². The van der Waals surface area contributed by atoms with Crippen molar-refractivity contribution >= 4 is 32.5 Å². The van der Waals surface area contributed by atoms with Crippen molar-refractivity contribution in [3.8, 4) is 0 Å². The van der Waals surface area contributed by atoms with Crippen LogP contribution >= 0.6 is 11.3 Å². The van der Waals surface area contributed by atoms with E-state index in [1.54, 1.807) is 23.6 Å². The summed E-state index contributed by atoms with van der Waals surface area (Å²) in [5.41, 5.74) is 0.882. The summed E-state index contributed by atoms with van der Waals surface area (Å²) in [7, 11) is 0. The van der Waals surface area contributed by atoms with E-state index in [0.29, 0.717) is 18.8 Å². The van der Waals surface area contributed by atoms with Gasteiger partial charge in [-0.25, -0.2) is 9.97 Å². The first-order valence-electron chi connectivity index (χ1n) is 7.89. The highest BCUT2D eigenvalue weighted by Crippen LogP contribution is 2.32. The smallest absolute Gasteiger partial charge is 0.368 e. The molecule has 1 aliphatic rings. The van der Waals surface area contributed by atoms with E-state index in [1.807, 2.05) is 17.0 Å². The third-order valence-electron chi connectivity index (χ3n) is 4.24. The van der Waals surface area contributed by atoms with Crippen molar-refractivity contribution in [3.63, 3.8) is 0 Å². The maximum Gasteiger partial charge on any atom is 0.416 e. The fourth-order valence-electron chi connectivity index (χ4n) is 2.93. The monoisotopic (exact) mass is 364 g/mol. The lowest BCUT2D eigenvalue weighted by Crippen LogP contribution is -2.46. The van der Waals surface area contributed by atoms with Crippen molar-refractivity contribution in [2.24, 2.45) is 0 Å². The Kier molecular flexibility index (Phi) is 3.99. The molecule has 0 bridgehead atoms. The first-order chi connectivity index (χ1) is 12.0. The van der Waals surface area contributed by atoms with Gasteiger partial charge >= 0.3 is 6.18 Å². The number of aromatic nitrogens is 2. The number of rotatable bonds is 2. The molecule has 0 spiro atoms. The van der Waals surface area contributed by atoms with Crippen LogP contribution in [0.15, 0.2) is 42.6 Å². The molecule has 1 aliphatic heterocycles. The van der Waals surface area contributed by atoms with Crippen LogP contribution in [-0.4, -0.2) is 36.1 Å². The molecule has 1 fully saturated rings. The molecule has 4 nitrogen and oxygen atoms in total. The highest BCUT2D eigenvalue weighted by atomic mass is 32.1. The van der Waals surface area contributed by atoms with Crippen LogP contribution in [0.2, 0.25) is 0 Å². The molecule has 2 aromatic heterocycles. The van der Waals surface area contributed by atoms with Gasteiger partial charge in [0.15, 0.2) is 5.13 Å². The van der Waals surface area contributed by atoms with Gasteiger partial charge in [-0.3, -0.25) is 0 Å². The van der Waals surface area contributed by atoms with Crippen molar-refractivity contribution < 1.29 is 13.2 Å². The second-order valence-corrected chi connectivity index (χ2v) is 6.80. The summed E-state index contributed by atoms with van der Waals surface area (Å²) < 4.78 is 38.6. The van der Waals surface area contributed by atoms with Gasteiger partial charge in [-0.1, -0.05) is 17.4 Å². The predicted octanol–water partition coefficient (Wildman–Crippen LogP) is 4.04. The first kappa shape index (κ1) is 16.1. The summed E-state index contributed by atoms with van der Waals surface area (Å²) in [5.74, 6) is 0. The molecule has 0 radical (unpaired) electrons. The van der Waals surface area contributed by atoms with E-state index in [1.165, 1.54) is 12.1 Å². The van der Waals surface area contributed by atoms with Crippen LogP contribution < -0.4 is 9.80 Å². The molecule has 0 aliphatic carbocycles. The predicted molar refractivity (Wildman–Crippen MR) is 93.3 cm³/mol. The van der Waals surface area contributed by atoms with E-state index in [-0.39, 0.29) is 0 Å². The van der Waals surface area contributed by atoms with E-state index in [4.69, 9.17) is 0 Å². The van der Waals surface area contributed by atoms with Crippen molar-refractivity contribution in [3.05, 3.63) is 48.2 Å². The number of nitrogens with zero attached hydrogens (tertiary/aromatic N) is 4. The minimum atomic E-state index is -4.31. The molecular formula is C17H15F3N4S. The summed E-state index contributed by atoms with van der Waals surface area (Å²) in [6, 6.07) is 9.31. The normalized spacial score (nSPS) is 15.8. The number of hydrogen-bond donors (Lipinski definition) is 0. The first-order valence-corrected chi connectivity index (χ1v) is 8.71. The van der Waals surface area contributed by atoms with Crippen molar-refractivity contribution in [1.82, 2.24) is 9.97 Å². The molecular weight excluding hydrogens is 349 g/mol. The van der Waals surface area contributed by atoms with Crippen molar-refractivity contribution in [2.45, 2.75) is 6.18 Å². The Hall–Kier alpha value is -2.35. The van der Waals surface area contributed by atoms with E-state index in [0.717, 1.165) is 34.6 Å². The number of benzene rings is 1. The summed E-state index contributed by atoms with van der Waals surface area (Å²) in [6.45, 7) is 2.75. The molecule has 8 heteroatoms. The molecule has 0 unspecified atom stereocenters. The summed E-state index contributed by atoms with van der Waals surface area (Å²) >= 11 is 1.54. The third kappa shape index (κ3) is 3.26. The van der Waals surface area contributed by atoms with Crippen LogP contribution in [-0.2, 0) is 6.18 Å². The average molecular weight is 364 g/mol. The van der Waals surface area contributed by atoms with Gasteiger partial charge in [-0.2, -0.15) is 13.2 Å². The van der Waals surface area contributed by atoms with E-state index in [2.05, 4.69) is 14.9 Å². The number of alkyl halides is 3. The van der Waals surface area contributed by atoms with Crippen LogP contribution in [0, 0.1) is 0 Å². The Morgan fingerprint density at radius 1 is 0.960 bits per heavy atom. The number of hydrogen-bond acceptors (Lipinski definition) is 5. The number of thiazole rings is 1. The summed E-state index contributed by atoms with van der Waals surface area (Å²) in [6.07, 6.45) is -2.57. The maximum atomic E-state index is 12.9. The SMILES string of the molecule is FC(F)(F)c1cccc(N2CCN(c3nc4cccnc4s3)CC2)c1. The minimum absolute atomic E-state index is 0.607. The lowest BCUT2D eigenvalue weighted by atomic mass is 10.1. The van der Waals surface area contributed by atoms with E-state index >= 15 is 0 Å². The van der Waals surface area contributed by atoms with Gasteiger partial charge in [0.1, 0.15) is 10.3 Å². The number of anilines is 2. The highest BCUT2D eigenvalue weighted by Gasteiger charge is 2.31. The Morgan fingerprint density at radius 3 is 2.44 bits per heavy atom. The van der Waals surface area contributed by atoms with Crippen LogP contribution in [0.5, 0.6) is 0 Å². The van der Waals surface area contributed by atoms with Gasteiger partial charge in [0, 0.05) is 38.1 Å². The molecule has 4 rings (SSSR count). The molecule has 3 aromatic rings.